The van der Waals surface area contributed by atoms with E-state index in [4.69, 9.17) is 15.4 Å². The molecule has 0 unspecified atom stereocenters. The van der Waals surface area contributed by atoms with Crippen molar-refractivity contribution < 1.29 is 9.68 Å². The summed E-state index contributed by atoms with van der Waals surface area (Å²) in [6, 6.07) is 2.56. The molecule has 0 spiro atoms. The van der Waals surface area contributed by atoms with E-state index in [0.29, 0.717) is 0 Å². The summed E-state index contributed by atoms with van der Waals surface area (Å²) in [5, 5.41) is 1.51. The zero-order valence-corrected chi connectivity index (χ0v) is 9.50. The van der Waals surface area contributed by atoms with Gasteiger partial charge in [-0.25, -0.2) is 0 Å². The predicted octanol–water partition coefficient (Wildman–Crippen LogP) is -0.235. The third-order valence-electron chi connectivity index (χ3n) is 1.70. The van der Waals surface area contributed by atoms with Gasteiger partial charge in [0.05, 0.1) is 14.2 Å². The van der Waals surface area contributed by atoms with E-state index in [1.807, 2.05) is 0 Å². The average Bonchev–Trinajstić information content (AvgIpc) is 2.11. The molecule has 0 radical (unpaired) electrons. The molecule has 74 valence electrons. The highest BCUT2D eigenvalue weighted by Crippen LogP contribution is 1.95. The van der Waals surface area contributed by atoms with Crippen LogP contribution < -0.4 is 5.73 Å². The van der Waals surface area contributed by atoms with E-state index in [9.17, 15) is 0 Å². The van der Waals surface area contributed by atoms with E-state index in [1.165, 1.54) is 23.7 Å². The Labute approximate surface area is 76.7 Å². The fourth-order valence-corrected chi connectivity index (χ4v) is 2.47. The van der Waals surface area contributed by atoms with Gasteiger partial charge in [0.15, 0.2) is 0 Å². The molecule has 0 aromatic rings. The molecule has 0 heterocycles. The average molecular weight is 192 g/mol. The fourth-order valence-electron chi connectivity index (χ4n) is 0.996. The molecule has 0 saturated heterocycles. The van der Waals surface area contributed by atoms with Crippen molar-refractivity contribution in [2.45, 2.75) is 18.5 Å². The van der Waals surface area contributed by atoms with Gasteiger partial charge in [0.1, 0.15) is 0 Å². The van der Waals surface area contributed by atoms with Crippen LogP contribution in [-0.2, 0) is 9.68 Å². The minimum absolute atomic E-state index is 0.0572. The Morgan fingerprint density at radius 3 is 2.42 bits per heavy atom. The Balaban J connectivity index is 3.06. The molecular weight excluding hydrogens is 172 g/mol. The summed E-state index contributed by atoms with van der Waals surface area (Å²) >= 11 is 0. The minimum atomic E-state index is 0.0572. The Kier molecular flexibility index (Phi) is 9.19. The monoisotopic (exact) mass is 192 g/mol. The van der Waals surface area contributed by atoms with Crippen molar-refractivity contribution >= 4 is 9.52 Å². The van der Waals surface area contributed by atoms with Gasteiger partial charge in [0, 0.05) is 16.1 Å². The maximum atomic E-state index is 5.39. The van der Waals surface area contributed by atoms with Crippen LogP contribution >= 0.6 is 0 Å². The number of rotatable bonds is 8. The van der Waals surface area contributed by atoms with Gasteiger partial charge >= 0.3 is 0 Å². The van der Waals surface area contributed by atoms with Gasteiger partial charge in [-0.2, -0.15) is 0 Å². The van der Waals surface area contributed by atoms with E-state index in [1.54, 1.807) is 14.2 Å². The van der Waals surface area contributed by atoms with Gasteiger partial charge < -0.3 is 5.73 Å². The standard InChI is InChI=1S/C7H20N2O2Si/c1-10-9(11-2)5-7-12-6-3-4-8/h3-8,12H2,1-2H3. The summed E-state index contributed by atoms with van der Waals surface area (Å²) < 4.78 is 0. The molecule has 0 aromatic heterocycles. The first kappa shape index (κ1) is 12.1. The normalized spacial score (nSPS) is 12.0. The molecule has 0 aliphatic carbocycles. The summed E-state index contributed by atoms with van der Waals surface area (Å²) in [7, 11) is 3.29. The first-order chi connectivity index (χ1) is 5.85. The maximum Gasteiger partial charge on any atom is 0.0601 e. The molecule has 0 atom stereocenters. The topological polar surface area (TPSA) is 47.7 Å². The van der Waals surface area contributed by atoms with Crippen LogP contribution in [0, 0.1) is 0 Å². The molecule has 12 heavy (non-hydrogen) atoms. The zero-order valence-electron chi connectivity index (χ0n) is 8.08. The Hall–Kier alpha value is 0.0569. The lowest BCUT2D eigenvalue weighted by atomic mass is 10.5. The van der Waals surface area contributed by atoms with E-state index in [0.717, 1.165) is 13.1 Å². The van der Waals surface area contributed by atoms with Crippen LogP contribution in [0.3, 0.4) is 0 Å². The third-order valence-corrected chi connectivity index (χ3v) is 3.52. The van der Waals surface area contributed by atoms with Crippen LogP contribution in [0.25, 0.3) is 0 Å². The first-order valence-corrected chi connectivity index (χ1v) is 6.41. The van der Waals surface area contributed by atoms with Gasteiger partial charge in [0.25, 0.3) is 0 Å². The number of nitrogens with two attached hydrogens (primary N) is 1. The summed E-state index contributed by atoms with van der Waals surface area (Å²) in [4.78, 5) is 9.83. The molecule has 0 fully saturated rings. The Morgan fingerprint density at radius 2 is 1.92 bits per heavy atom. The van der Waals surface area contributed by atoms with Crippen LogP contribution in [0.1, 0.15) is 6.42 Å². The van der Waals surface area contributed by atoms with Crippen molar-refractivity contribution in [3.63, 3.8) is 0 Å². The smallest absolute Gasteiger partial charge is 0.0601 e. The Morgan fingerprint density at radius 1 is 1.25 bits per heavy atom. The summed E-state index contributed by atoms with van der Waals surface area (Å²) in [5.41, 5.74) is 5.39. The lowest BCUT2D eigenvalue weighted by Crippen LogP contribution is -2.22. The van der Waals surface area contributed by atoms with Gasteiger partial charge in [-0.05, 0) is 19.0 Å². The highest BCUT2D eigenvalue weighted by Gasteiger charge is 1.99. The summed E-state index contributed by atoms with van der Waals surface area (Å²) in [6.07, 6.45) is 1.17. The van der Waals surface area contributed by atoms with Gasteiger partial charge in [-0.1, -0.05) is 11.3 Å². The second-order valence-corrected chi connectivity index (χ2v) is 4.75. The largest absolute Gasteiger partial charge is 0.330 e. The van der Waals surface area contributed by atoms with Gasteiger partial charge in [0.2, 0.25) is 0 Å². The van der Waals surface area contributed by atoms with Crippen LogP contribution in [0.15, 0.2) is 0 Å². The summed E-state index contributed by atoms with van der Waals surface area (Å²) in [5.74, 6) is 0. The molecule has 2 N–H and O–H groups in total. The van der Waals surface area contributed by atoms with Gasteiger partial charge in [-0.3, -0.25) is 9.68 Å². The second-order valence-electron chi connectivity index (χ2n) is 2.62. The lowest BCUT2D eigenvalue weighted by Gasteiger charge is -2.15. The lowest BCUT2D eigenvalue weighted by molar-refractivity contribution is -0.339. The molecule has 0 aliphatic heterocycles. The fraction of sp³-hybridized carbons (Fsp3) is 1.00. The van der Waals surface area contributed by atoms with Crippen LogP contribution in [0.5, 0.6) is 0 Å². The predicted molar refractivity (Wildman–Crippen MR) is 52.6 cm³/mol. The van der Waals surface area contributed by atoms with Crippen molar-refractivity contribution in [2.75, 3.05) is 27.3 Å². The summed E-state index contributed by atoms with van der Waals surface area (Å²) in [6.45, 7) is 1.70. The Bertz CT molecular complexity index is 91.5. The molecular formula is C7H20N2O2Si. The van der Waals surface area contributed by atoms with Crippen molar-refractivity contribution in [3.8, 4) is 0 Å². The van der Waals surface area contributed by atoms with Crippen molar-refractivity contribution in [2.24, 2.45) is 5.73 Å². The number of nitrogens with zero attached hydrogens (tertiary/aromatic N) is 1. The second kappa shape index (κ2) is 9.15. The van der Waals surface area contributed by atoms with Crippen LogP contribution in [-0.4, -0.2) is 42.1 Å². The number of hydroxylamine groups is 2. The van der Waals surface area contributed by atoms with Crippen LogP contribution in [0.4, 0.5) is 0 Å². The third kappa shape index (κ3) is 6.75. The number of hydrogen-bond acceptors (Lipinski definition) is 4. The van der Waals surface area contributed by atoms with E-state index in [2.05, 4.69) is 0 Å². The van der Waals surface area contributed by atoms with Crippen LogP contribution in [0.2, 0.25) is 12.1 Å². The van der Waals surface area contributed by atoms with E-state index < -0.39 is 0 Å². The van der Waals surface area contributed by atoms with E-state index >= 15 is 0 Å². The molecule has 0 aliphatic rings. The van der Waals surface area contributed by atoms with E-state index in [-0.39, 0.29) is 9.52 Å². The molecule has 0 bridgehead atoms. The highest BCUT2D eigenvalue weighted by atomic mass is 28.2. The van der Waals surface area contributed by atoms with Crippen molar-refractivity contribution in [3.05, 3.63) is 0 Å². The molecule has 0 amide bonds. The SMILES string of the molecule is CON(CC[SiH2]CCCN)OC. The maximum absolute atomic E-state index is 5.39. The molecule has 0 saturated carbocycles. The molecule has 0 aromatic carbocycles. The minimum Gasteiger partial charge on any atom is -0.330 e. The van der Waals surface area contributed by atoms with Gasteiger partial charge in [-0.15, -0.1) is 0 Å². The quantitative estimate of drug-likeness (QED) is 0.328. The first-order valence-electron chi connectivity index (χ1n) is 4.41. The molecule has 0 rings (SSSR count). The highest BCUT2D eigenvalue weighted by molar-refractivity contribution is 6.35. The molecule has 5 heteroatoms. The zero-order chi connectivity index (χ0) is 9.23. The number of hydrogen-bond donors (Lipinski definition) is 1. The van der Waals surface area contributed by atoms with Crippen molar-refractivity contribution in [1.82, 2.24) is 5.23 Å². The molecule has 4 nitrogen and oxygen atoms in total. The van der Waals surface area contributed by atoms with Crippen molar-refractivity contribution in [1.29, 1.82) is 0 Å².